The largest absolute Gasteiger partial charge is 0.455 e. The van der Waals surface area contributed by atoms with E-state index in [1.807, 2.05) is 12.1 Å². The van der Waals surface area contributed by atoms with Crippen LogP contribution in [0.2, 0.25) is 0 Å². The molecule has 2 nitrogen and oxygen atoms in total. The molecule has 0 radical (unpaired) electrons. The maximum Gasteiger partial charge on any atom is 0.143 e. The summed E-state index contributed by atoms with van der Waals surface area (Å²) in [4.78, 5) is 2.40. The Morgan fingerprint density at radius 1 is 0.304 bits per heavy atom. The van der Waals surface area contributed by atoms with Crippen LogP contribution in [0.15, 0.2) is 217 Å². The first-order chi connectivity index (χ1) is 27.8. The third kappa shape index (κ3) is 5.34. The van der Waals surface area contributed by atoms with E-state index in [1.54, 1.807) is 0 Å². The maximum atomic E-state index is 6.43. The van der Waals surface area contributed by atoms with E-state index in [0.29, 0.717) is 0 Å². The van der Waals surface area contributed by atoms with E-state index in [2.05, 4.69) is 205 Å². The molecule has 0 atom stereocenters. The fourth-order valence-electron chi connectivity index (χ4n) is 8.53. The monoisotopic (exact) mass is 713 g/mol. The van der Waals surface area contributed by atoms with Crippen LogP contribution in [0.4, 0.5) is 17.1 Å². The third-order valence-electron chi connectivity index (χ3n) is 11.3. The van der Waals surface area contributed by atoms with Gasteiger partial charge in [-0.05, 0) is 91.1 Å². The van der Waals surface area contributed by atoms with Crippen molar-refractivity contribution < 1.29 is 4.42 Å². The number of furan rings is 1. The Bertz CT molecular complexity index is 3220. The number of hydrogen-bond acceptors (Lipinski definition) is 2. The van der Waals surface area contributed by atoms with E-state index in [4.69, 9.17) is 4.42 Å². The predicted octanol–water partition coefficient (Wildman–Crippen LogP) is 15.5. The van der Waals surface area contributed by atoms with Gasteiger partial charge in [0, 0.05) is 33.1 Å². The summed E-state index contributed by atoms with van der Waals surface area (Å²) in [7, 11) is 0. The van der Waals surface area contributed by atoms with Crippen LogP contribution >= 0.6 is 0 Å². The number of para-hydroxylation sites is 2. The maximum absolute atomic E-state index is 6.43. The van der Waals surface area contributed by atoms with Crippen LogP contribution in [0.3, 0.4) is 0 Å². The molecule has 0 bridgehead atoms. The Morgan fingerprint density at radius 3 is 1.54 bits per heavy atom. The van der Waals surface area contributed by atoms with E-state index in [-0.39, 0.29) is 0 Å². The lowest BCUT2D eigenvalue weighted by Crippen LogP contribution is -2.10. The number of anilines is 3. The summed E-state index contributed by atoms with van der Waals surface area (Å²) in [5, 5.41) is 9.71. The first-order valence-corrected chi connectivity index (χ1v) is 19.2. The Hall–Kier alpha value is -7.42. The minimum Gasteiger partial charge on any atom is -0.455 e. The minimum absolute atomic E-state index is 0.908. The second kappa shape index (κ2) is 13.2. The topological polar surface area (TPSA) is 16.4 Å². The van der Waals surface area contributed by atoms with E-state index < -0.39 is 0 Å². The molecule has 0 amide bonds. The Morgan fingerprint density at radius 2 is 0.786 bits per heavy atom. The smallest absolute Gasteiger partial charge is 0.143 e. The number of benzene rings is 10. The highest BCUT2D eigenvalue weighted by Gasteiger charge is 2.19. The molecular weight excluding hydrogens is 679 g/mol. The average molecular weight is 714 g/mol. The van der Waals surface area contributed by atoms with E-state index in [1.165, 1.54) is 54.6 Å². The zero-order chi connectivity index (χ0) is 37.0. The molecule has 2 heteroatoms. The van der Waals surface area contributed by atoms with Crippen molar-refractivity contribution in [3.05, 3.63) is 212 Å². The first-order valence-electron chi connectivity index (χ1n) is 19.2. The number of rotatable bonds is 6. The van der Waals surface area contributed by atoms with Crippen molar-refractivity contribution in [2.24, 2.45) is 0 Å². The van der Waals surface area contributed by atoms with Crippen molar-refractivity contribution in [2.45, 2.75) is 0 Å². The molecule has 0 fully saturated rings. The van der Waals surface area contributed by atoms with E-state index in [9.17, 15) is 0 Å². The van der Waals surface area contributed by atoms with Crippen LogP contribution in [-0.4, -0.2) is 0 Å². The van der Waals surface area contributed by atoms with Gasteiger partial charge in [0.15, 0.2) is 0 Å². The predicted molar refractivity (Wildman–Crippen MR) is 237 cm³/mol. The highest BCUT2D eigenvalue weighted by Crippen LogP contribution is 2.44. The van der Waals surface area contributed by atoms with Gasteiger partial charge in [-0.25, -0.2) is 0 Å². The van der Waals surface area contributed by atoms with Crippen molar-refractivity contribution in [3.63, 3.8) is 0 Å². The molecule has 56 heavy (non-hydrogen) atoms. The zero-order valence-electron chi connectivity index (χ0n) is 30.6. The van der Waals surface area contributed by atoms with Crippen LogP contribution in [0, 0.1) is 0 Å². The molecule has 0 saturated heterocycles. The highest BCUT2D eigenvalue weighted by atomic mass is 16.3. The minimum atomic E-state index is 0.908. The van der Waals surface area contributed by atoms with Crippen molar-refractivity contribution in [1.29, 1.82) is 0 Å². The highest BCUT2D eigenvalue weighted by molar-refractivity contribution is 6.15. The van der Waals surface area contributed by atoms with Crippen LogP contribution in [0.5, 0.6) is 0 Å². The van der Waals surface area contributed by atoms with Gasteiger partial charge < -0.3 is 9.32 Å². The molecule has 0 aliphatic heterocycles. The molecule has 1 heterocycles. The van der Waals surface area contributed by atoms with Gasteiger partial charge in [-0.3, -0.25) is 0 Å². The van der Waals surface area contributed by atoms with Gasteiger partial charge in [-0.1, -0.05) is 176 Å². The average Bonchev–Trinajstić information content (AvgIpc) is 3.66. The molecule has 0 aliphatic carbocycles. The van der Waals surface area contributed by atoms with Crippen molar-refractivity contribution >= 4 is 71.3 Å². The summed E-state index contributed by atoms with van der Waals surface area (Å²) in [6.45, 7) is 0. The van der Waals surface area contributed by atoms with Crippen LogP contribution in [0.1, 0.15) is 0 Å². The molecule has 0 aliphatic rings. The Labute approximate surface area is 325 Å². The Balaban J connectivity index is 1.01. The van der Waals surface area contributed by atoms with Crippen molar-refractivity contribution in [2.75, 3.05) is 4.90 Å². The fraction of sp³-hybridized carbons (Fsp3) is 0. The zero-order valence-corrected chi connectivity index (χ0v) is 30.6. The number of hydrogen-bond donors (Lipinski definition) is 0. The number of fused-ring (bicyclic) bond motifs is 7. The van der Waals surface area contributed by atoms with Crippen LogP contribution < -0.4 is 4.90 Å². The van der Waals surface area contributed by atoms with Crippen LogP contribution in [-0.2, 0) is 0 Å². The molecule has 0 spiro atoms. The third-order valence-corrected chi connectivity index (χ3v) is 11.3. The summed E-state index contributed by atoms with van der Waals surface area (Å²) < 4.78 is 6.43. The Kier molecular flexibility index (Phi) is 7.53. The van der Waals surface area contributed by atoms with Gasteiger partial charge in [0.1, 0.15) is 11.2 Å². The fourth-order valence-corrected chi connectivity index (χ4v) is 8.53. The lowest BCUT2D eigenvalue weighted by molar-refractivity contribution is 0.670. The SMILES string of the molecule is c1ccc2c(-c3ccc(-c4ccc(N(c5ccc(-c6cccc7c6oc6ccccc67)cc5)c5cc6ccccc6c6ccccc56)cc4)cc3)cccc2c1. The van der Waals surface area contributed by atoms with E-state index >= 15 is 0 Å². The lowest BCUT2D eigenvalue weighted by Gasteiger charge is -2.28. The lowest BCUT2D eigenvalue weighted by atomic mass is 9.96. The van der Waals surface area contributed by atoms with Crippen molar-refractivity contribution in [1.82, 2.24) is 0 Å². The van der Waals surface area contributed by atoms with E-state index in [0.717, 1.165) is 50.1 Å². The molecule has 11 rings (SSSR count). The molecular formula is C54H35NO. The second-order valence-corrected chi connectivity index (χ2v) is 14.5. The van der Waals surface area contributed by atoms with Gasteiger partial charge in [0.25, 0.3) is 0 Å². The van der Waals surface area contributed by atoms with Gasteiger partial charge in [-0.2, -0.15) is 0 Å². The van der Waals surface area contributed by atoms with Gasteiger partial charge in [0.05, 0.1) is 5.69 Å². The molecule has 11 aromatic rings. The summed E-state index contributed by atoms with van der Waals surface area (Å²) in [5.74, 6) is 0. The molecule has 1 aromatic heterocycles. The van der Waals surface area contributed by atoms with Gasteiger partial charge in [-0.15, -0.1) is 0 Å². The first kappa shape index (κ1) is 32.0. The standard InChI is InChI=1S/C54H35NO/c1-3-14-44-38(11-1)13-9-19-45(44)39-25-23-36(24-26-39)37-27-31-42(32-28-37)55(52-35-41-12-2-4-15-46(41)48-16-5-6-17-49(48)52)43-33-29-40(30-34-43)47-20-10-21-51-50-18-7-8-22-53(50)56-54(47)51/h1-35H. The quantitative estimate of drug-likeness (QED) is 0.160. The summed E-state index contributed by atoms with van der Waals surface area (Å²) in [6.07, 6.45) is 0. The molecule has 0 unspecified atom stereocenters. The molecule has 10 aromatic carbocycles. The van der Waals surface area contributed by atoms with Crippen molar-refractivity contribution in [3.8, 4) is 33.4 Å². The molecule has 262 valence electrons. The molecule has 0 saturated carbocycles. The normalized spacial score (nSPS) is 11.6. The molecule has 0 N–H and O–H groups in total. The summed E-state index contributed by atoms with van der Waals surface area (Å²) in [6, 6.07) is 76.5. The van der Waals surface area contributed by atoms with Crippen LogP contribution in [0.25, 0.3) is 87.6 Å². The van der Waals surface area contributed by atoms with Gasteiger partial charge >= 0.3 is 0 Å². The summed E-state index contributed by atoms with van der Waals surface area (Å²) in [5.41, 5.74) is 12.2. The van der Waals surface area contributed by atoms with Gasteiger partial charge in [0.2, 0.25) is 0 Å². The second-order valence-electron chi connectivity index (χ2n) is 14.5. The number of nitrogens with zero attached hydrogens (tertiary/aromatic N) is 1. The summed E-state index contributed by atoms with van der Waals surface area (Å²) >= 11 is 0.